The number of carbonyl (C=O) groups excluding carboxylic acids is 1. The van der Waals surface area contributed by atoms with Crippen LogP contribution in [0, 0.1) is 0 Å². The molecule has 1 heterocycles. The van der Waals surface area contributed by atoms with Gasteiger partial charge in [-0.15, -0.1) is 0 Å². The van der Waals surface area contributed by atoms with Gasteiger partial charge in [0.2, 0.25) is 5.91 Å². The van der Waals surface area contributed by atoms with Gasteiger partial charge in [-0.05, 0) is 61.8 Å². The summed E-state index contributed by atoms with van der Waals surface area (Å²) < 4.78 is 6.54. The summed E-state index contributed by atoms with van der Waals surface area (Å²) in [6, 6.07) is 9.92. The number of nitrogens with two attached hydrogens (primary N) is 1. The molecular weight excluding hydrogens is 650 g/mol. The Hall–Kier alpha value is -3.53. The van der Waals surface area contributed by atoms with Crippen LogP contribution in [-0.2, 0) is 32.0 Å². The van der Waals surface area contributed by atoms with Gasteiger partial charge in [-0.3, -0.25) is 19.2 Å². The monoisotopic (exact) mass is 695 g/mol. The van der Waals surface area contributed by atoms with Crippen LogP contribution in [0.1, 0.15) is 37.8 Å². The van der Waals surface area contributed by atoms with E-state index >= 15 is 0 Å². The number of thiazole rings is 1. The number of nitrogens with zero attached hydrogens (tertiary/aromatic N) is 2. The average Bonchev–Trinajstić information content (AvgIpc) is 3.43. The number of phenolic OH excluding ortho intramolecular Hbond substituents is 1. The number of aromatic hydroxyl groups is 1. The maximum absolute atomic E-state index is 13.0. The van der Waals surface area contributed by atoms with Gasteiger partial charge in [-0.25, -0.2) is 0 Å². The van der Waals surface area contributed by atoms with Gasteiger partial charge in [0, 0.05) is 31.2 Å². The van der Waals surface area contributed by atoms with Gasteiger partial charge in [0.15, 0.2) is 0 Å². The Morgan fingerprint density at radius 3 is 2.43 bits per heavy atom. The van der Waals surface area contributed by atoms with Crippen molar-refractivity contribution in [3.8, 4) is 5.75 Å². The maximum atomic E-state index is 13.0. The second-order valence-corrected chi connectivity index (χ2v) is 12.1. The third-order valence-corrected chi connectivity index (χ3v) is 8.49. The molecule has 260 valence electrons. The van der Waals surface area contributed by atoms with Gasteiger partial charge in [0.05, 0.1) is 30.8 Å². The number of benzene rings is 2. The van der Waals surface area contributed by atoms with Gasteiger partial charge >= 0.3 is 16.8 Å². The molecule has 13 nitrogen and oxygen atoms in total. The minimum absolute atomic E-state index is 0.0888. The van der Waals surface area contributed by atoms with E-state index in [0.29, 0.717) is 56.4 Å². The fourth-order valence-electron chi connectivity index (χ4n) is 4.57. The van der Waals surface area contributed by atoms with E-state index in [2.05, 4.69) is 29.0 Å². The van der Waals surface area contributed by atoms with E-state index in [0.717, 1.165) is 59.6 Å². The van der Waals surface area contributed by atoms with Crippen LogP contribution in [0.4, 0.5) is 0 Å². The Bertz CT molecular complexity index is 1480. The van der Waals surface area contributed by atoms with Crippen LogP contribution in [0.3, 0.4) is 0 Å². The molecule has 1 atom stereocenters. The minimum Gasteiger partial charge on any atom is -0.506 e. The first-order valence-corrected chi connectivity index (χ1v) is 16.7. The minimum atomic E-state index is -1.29. The second kappa shape index (κ2) is 21.4. The summed E-state index contributed by atoms with van der Waals surface area (Å²) in [5, 5.41) is 30.1. The highest BCUT2D eigenvalue weighted by molar-refractivity contribution is 7.16. The molecule has 15 heteroatoms. The van der Waals surface area contributed by atoms with Gasteiger partial charge in [0.25, 0.3) is 0 Å². The fourth-order valence-corrected chi connectivity index (χ4v) is 5.68. The summed E-state index contributed by atoms with van der Waals surface area (Å²) in [6.45, 7) is 10.6. The Kier molecular flexibility index (Phi) is 18.0. The van der Waals surface area contributed by atoms with Crippen molar-refractivity contribution in [1.82, 2.24) is 20.1 Å². The van der Waals surface area contributed by atoms with Crippen molar-refractivity contribution in [1.29, 1.82) is 0 Å². The molecule has 0 saturated carbocycles. The largest absolute Gasteiger partial charge is 0.506 e. The molecule has 2 aromatic carbocycles. The molecular formula is C32H46ClN5O8S. The first-order chi connectivity index (χ1) is 22.4. The lowest BCUT2D eigenvalue weighted by molar-refractivity contribution is -0.144. The predicted octanol–water partition coefficient (Wildman–Crippen LogP) is 2.77. The summed E-state index contributed by atoms with van der Waals surface area (Å²) in [5.41, 5.74) is 7.47. The van der Waals surface area contributed by atoms with E-state index in [1.54, 1.807) is 6.07 Å². The number of nitrogens with one attached hydrogen (secondary N) is 2. The van der Waals surface area contributed by atoms with E-state index in [-0.39, 0.29) is 16.5 Å². The molecule has 7 N–H and O–H groups in total. The number of aromatic amines is 1. The lowest BCUT2D eigenvalue weighted by Crippen LogP contribution is -2.42. The van der Waals surface area contributed by atoms with Gasteiger partial charge in [0.1, 0.15) is 17.3 Å². The number of phenols is 1. The van der Waals surface area contributed by atoms with Crippen LogP contribution in [0.15, 0.2) is 41.2 Å². The summed E-state index contributed by atoms with van der Waals surface area (Å²) in [4.78, 5) is 51.1. The zero-order valence-electron chi connectivity index (χ0n) is 26.9. The van der Waals surface area contributed by atoms with E-state index in [9.17, 15) is 24.3 Å². The van der Waals surface area contributed by atoms with Crippen molar-refractivity contribution < 1.29 is 34.4 Å². The van der Waals surface area contributed by atoms with Crippen molar-refractivity contribution >= 4 is 51.0 Å². The number of aromatic nitrogens is 1. The number of carboxylic acids is 2. The molecule has 0 radical (unpaired) electrons. The number of carboxylic acid groups (broad SMARTS) is 2. The number of halogens is 1. The standard InChI is InChI=1S/C28H39ClN4O4S.C4H7NO4/c1-3-32(4-2)16-17-33(25(35)12-19-37-18-11-21-6-5-7-23(29)20-21)15-14-30-13-10-22-8-9-24(34)26-27(22)38-28(36)31-26;5-2(4(8)9)1-3(6)7/h5-9,20,30,34H,3-4,10-19H2,1-2H3,(H,31,36);2H,1,5H2,(H,6,7)(H,8,9)/t;2-/m.0/s1. The van der Waals surface area contributed by atoms with Crippen LogP contribution in [-0.4, -0.2) is 113 Å². The molecule has 3 rings (SSSR count). The Morgan fingerprint density at radius 1 is 1.04 bits per heavy atom. The van der Waals surface area contributed by atoms with Crippen molar-refractivity contribution in [2.45, 2.75) is 45.6 Å². The van der Waals surface area contributed by atoms with Gasteiger partial charge in [-0.1, -0.05) is 55.0 Å². The third-order valence-electron chi connectivity index (χ3n) is 7.30. The molecule has 1 amide bonds. The zero-order valence-corrected chi connectivity index (χ0v) is 28.4. The highest BCUT2D eigenvalue weighted by atomic mass is 35.5. The molecule has 1 aromatic heterocycles. The number of H-pyrrole nitrogens is 1. The zero-order chi connectivity index (χ0) is 34.8. The first kappa shape index (κ1) is 39.6. The third kappa shape index (κ3) is 14.8. The molecule has 0 aliphatic rings. The number of amides is 1. The molecule has 0 bridgehead atoms. The number of rotatable bonds is 20. The summed E-state index contributed by atoms with van der Waals surface area (Å²) in [5.74, 6) is -2.31. The van der Waals surface area contributed by atoms with Crippen LogP contribution < -0.4 is 15.9 Å². The highest BCUT2D eigenvalue weighted by Gasteiger charge is 2.16. The normalized spacial score (nSPS) is 11.7. The molecule has 0 fully saturated rings. The average molecular weight is 696 g/mol. The number of likely N-dealkylation sites (N-methyl/N-ethyl adjacent to an activating group) is 1. The number of hydrogen-bond donors (Lipinski definition) is 6. The van der Waals surface area contributed by atoms with Gasteiger partial charge < -0.3 is 45.9 Å². The number of hydrogen-bond acceptors (Lipinski definition) is 10. The first-order valence-electron chi connectivity index (χ1n) is 15.5. The van der Waals surface area contributed by atoms with Crippen molar-refractivity contribution in [2.24, 2.45) is 5.73 Å². The van der Waals surface area contributed by atoms with E-state index < -0.39 is 24.4 Å². The number of fused-ring (bicyclic) bond motifs is 1. The fraction of sp³-hybridized carbons (Fsp3) is 0.500. The Labute approximate surface area is 283 Å². The number of ether oxygens (including phenoxy) is 1. The maximum Gasteiger partial charge on any atom is 0.321 e. The molecule has 47 heavy (non-hydrogen) atoms. The topological polar surface area (TPSA) is 199 Å². The number of aliphatic carboxylic acids is 2. The van der Waals surface area contributed by atoms with E-state index in [1.807, 2.05) is 35.2 Å². The molecule has 0 unspecified atom stereocenters. The summed E-state index contributed by atoms with van der Waals surface area (Å²) in [6.07, 6.45) is 1.30. The molecule has 0 aliphatic carbocycles. The highest BCUT2D eigenvalue weighted by Crippen LogP contribution is 2.27. The molecule has 0 spiro atoms. The van der Waals surface area contributed by atoms with Crippen LogP contribution in [0.5, 0.6) is 5.75 Å². The SMILES string of the molecule is CCN(CC)CCN(CCNCCc1ccc(O)c2[nH]c(=O)sc12)C(=O)CCOCCc1cccc(Cl)c1.N[C@@H](CC(=O)O)C(=O)O. The molecule has 3 aromatic rings. The molecule has 0 aliphatic heterocycles. The van der Waals surface area contributed by atoms with Crippen LogP contribution >= 0.6 is 22.9 Å². The van der Waals surface area contributed by atoms with Crippen molar-refractivity contribution in [3.63, 3.8) is 0 Å². The quantitative estimate of drug-likeness (QED) is 0.0951. The van der Waals surface area contributed by atoms with Crippen molar-refractivity contribution in [3.05, 3.63) is 62.2 Å². The molecule has 0 saturated heterocycles. The predicted molar refractivity (Wildman–Crippen MR) is 184 cm³/mol. The number of carbonyl (C=O) groups is 3. The lowest BCUT2D eigenvalue weighted by atomic mass is 10.1. The van der Waals surface area contributed by atoms with E-state index in [1.165, 1.54) is 0 Å². The summed E-state index contributed by atoms with van der Waals surface area (Å²) >= 11 is 7.15. The summed E-state index contributed by atoms with van der Waals surface area (Å²) in [7, 11) is 0. The smallest absolute Gasteiger partial charge is 0.321 e. The van der Waals surface area contributed by atoms with E-state index in [4.69, 9.17) is 32.3 Å². The van der Waals surface area contributed by atoms with Crippen LogP contribution in [0.2, 0.25) is 5.02 Å². The Morgan fingerprint density at radius 2 is 1.79 bits per heavy atom. The lowest BCUT2D eigenvalue weighted by Gasteiger charge is -2.27. The van der Waals surface area contributed by atoms with Crippen molar-refractivity contribution in [2.75, 3.05) is 59.0 Å². The van der Waals surface area contributed by atoms with Crippen LogP contribution in [0.25, 0.3) is 10.2 Å². The Balaban J connectivity index is 0.000000745. The van der Waals surface area contributed by atoms with Gasteiger partial charge in [-0.2, -0.15) is 0 Å². The second-order valence-electron chi connectivity index (χ2n) is 10.7.